The average Bonchev–Trinajstić information content (AvgIpc) is 4.06. The van der Waals surface area contributed by atoms with E-state index in [4.69, 9.17) is 0 Å². The third-order valence-electron chi connectivity index (χ3n) is 18.3. The molecule has 0 fully saturated rings. The van der Waals surface area contributed by atoms with Gasteiger partial charge in [-0.25, -0.2) is 0 Å². The van der Waals surface area contributed by atoms with Gasteiger partial charge in [0.1, 0.15) is 0 Å². The van der Waals surface area contributed by atoms with Crippen LogP contribution in [0.3, 0.4) is 0 Å². The van der Waals surface area contributed by atoms with Gasteiger partial charge in [0.25, 0.3) is 0 Å². The molecule has 2 aliphatic rings. The van der Waals surface area contributed by atoms with Crippen LogP contribution in [-0.4, -0.2) is 13.7 Å². The van der Waals surface area contributed by atoms with Crippen LogP contribution < -0.4 is 0 Å². The van der Waals surface area contributed by atoms with Gasteiger partial charge in [0, 0.05) is 57.5 Å². The third-order valence-corrected chi connectivity index (χ3v) is 18.3. The molecule has 9 aromatic carbocycles. The average molecular weight is 952 g/mol. The molecule has 3 aromatic heterocycles. The van der Waals surface area contributed by atoms with Gasteiger partial charge >= 0.3 is 0 Å². The number of para-hydroxylation sites is 2. The molecule has 2 aliphatic heterocycles. The zero-order valence-electron chi connectivity index (χ0n) is 43.5. The molecule has 3 atom stereocenters. The minimum Gasteiger partial charge on any atom is -0.340 e. The van der Waals surface area contributed by atoms with Gasteiger partial charge in [0.2, 0.25) is 0 Å². The standard InChI is InChI=1S/C70H69N3/c1-5-9-21-44(8-4)41-71-62-33-19-18-31-55(62)66-52-28-15-12-25-48(52)58(38-63(66)71)51-34-35-57-68-54-30-17-14-27-50(54)60(40-65(68)73-43-46(23-11-7-3)37-61(51)70(57)73)59-39-64-67(53-29-16-13-26-49(53)59)56-32-20-24-47-36-45(22-10-6-2)42-72(64)69(47)56/h12-20,24-35,38-40,44-46H,5-11,21-23,36-37,41-43H2,1-4H3. The first-order chi connectivity index (χ1) is 36.1. The summed E-state index contributed by atoms with van der Waals surface area (Å²) in [5, 5.41) is 16.6. The highest BCUT2D eigenvalue weighted by atomic mass is 15.0. The van der Waals surface area contributed by atoms with Gasteiger partial charge in [0.15, 0.2) is 0 Å². The second-order valence-electron chi connectivity index (χ2n) is 22.6. The van der Waals surface area contributed by atoms with Gasteiger partial charge < -0.3 is 13.7 Å². The molecule has 73 heavy (non-hydrogen) atoms. The van der Waals surface area contributed by atoms with E-state index in [1.807, 2.05) is 0 Å². The molecule has 14 rings (SSSR count). The van der Waals surface area contributed by atoms with Crippen molar-refractivity contribution in [3.8, 4) is 22.3 Å². The molecule has 12 aromatic rings. The van der Waals surface area contributed by atoms with E-state index in [1.54, 1.807) is 0 Å². The molecular formula is C70H69N3. The SMILES string of the molecule is CCCCC(CC)Cn1c2ccccc2c2c3ccccc3c(-c3ccc4c5c6ccccc6c(-c6cc7c(c8ccccc68)c6cccc8c6n7CC(CCCC)C8)cc5n5c4c3CC(CCCC)C5)cc21. The van der Waals surface area contributed by atoms with E-state index in [0.717, 1.165) is 26.1 Å². The summed E-state index contributed by atoms with van der Waals surface area (Å²) in [5.74, 6) is 1.87. The van der Waals surface area contributed by atoms with Gasteiger partial charge in [-0.1, -0.05) is 194 Å². The van der Waals surface area contributed by atoms with Gasteiger partial charge in [-0.2, -0.15) is 0 Å². The number of aromatic nitrogens is 3. The summed E-state index contributed by atoms with van der Waals surface area (Å²) < 4.78 is 8.25. The quantitative estimate of drug-likeness (QED) is 0.103. The smallest absolute Gasteiger partial charge is 0.0530 e. The van der Waals surface area contributed by atoms with Crippen LogP contribution in [0.1, 0.15) is 103 Å². The lowest BCUT2D eigenvalue weighted by Crippen LogP contribution is -2.20. The van der Waals surface area contributed by atoms with Crippen LogP contribution in [0.5, 0.6) is 0 Å². The Labute approximate surface area is 430 Å². The van der Waals surface area contributed by atoms with E-state index in [0.29, 0.717) is 17.8 Å². The molecular weight excluding hydrogens is 883 g/mol. The Bertz CT molecular complexity index is 4150. The molecule has 3 nitrogen and oxygen atoms in total. The van der Waals surface area contributed by atoms with Crippen LogP contribution in [0, 0.1) is 17.8 Å². The molecule has 0 radical (unpaired) electrons. The Balaban J connectivity index is 1.04. The summed E-state index contributed by atoms with van der Waals surface area (Å²) in [4.78, 5) is 0. The maximum atomic E-state index is 2.81. The summed E-state index contributed by atoms with van der Waals surface area (Å²) in [6, 6.07) is 57.3. The number of fused-ring (bicyclic) bond motifs is 15. The molecule has 0 saturated heterocycles. The van der Waals surface area contributed by atoms with Gasteiger partial charge in [-0.15, -0.1) is 0 Å². The van der Waals surface area contributed by atoms with Crippen molar-refractivity contribution in [2.45, 2.75) is 124 Å². The van der Waals surface area contributed by atoms with Crippen molar-refractivity contribution in [2.75, 3.05) is 0 Å². The lowest BCUT2D eigenvalue weighted by Gasteiger charge is -2.28. The largest absolute Gasteiger partial charge is 0.340 e. The highest BCUT2D eigenvalue weighted by Gasteiger charge is 2.31. The van der Waals surface area contributed by atoms with Crippen molar-refractivity contribution in [1.82, 2.24) is 13.7 Å². The van der Waals surface area contributed by atoms with Gasteiger partial charge in [0.05, 0.1) is 27.6 Å². The van der Waals surface area contributed by atoms with E-state index < -0.39 is 0 Å². The maximum Gasteiger partial charge on any atom is 0.0530 e. The zero-order valence-corrected chi connectivity index (χ0v) is 43.5. The van der Waals surface area contributed by atoms with E-state index >= 15 is 0 Å². The summed E-state index contributed by atoms with van der Waals surface area (Å²) >= 11 is 0. The predicted octanol–water partition coefficient (Wildman–Crippen LogP) is 19.7. The van der Waals surface area contributed by atoms with E-state index in [2.05, 4.69) is 187 Å². The van der Waals surface area contributed by atoms with Crippen molar-refractivity contribution in [2.24, 2.45) is 17.8 Å². The van der Waals surface area contributed by atoms with Crippen LogP contribution in [-0.2, 0) is 32.5 Å². The minimum absolute atomic E-state index is 0.556. The van der Waals surface area contributed by atoms with E-state index in [-0.39, 0.29) is 0 Å². The number of hydrogen-bond donors (Lipinski definition) is 0. The second-order valence-corrected chi connectivity index (χ2v) is 22.6. The Kier molecular flexibility index (Phi) is 11.0. The van der Waals surface area contributed by atoms with Crippen LogP contribution >= 0.6 is 0 Å². The number of hydrogen-bond acceptors (Lipinski definition) is 0. The molecule has 0 spiro atoms. The Morgan fingerprint density at radius 3 is 1.52 bits per heavy atom. The third kappa shape index (κ3) is 6.90. The second kappa shape index (κ2) is 18.0. The van der Waals surface area contributed by atoms with Crippen LogP contribution in [0.15, 0.2) is 146 Å². The van der Waals surface area contributed by atoms with Crippen LogP contribution in [0.2, 0.25) is 0 Å². The van der Waals surface area contributed by atoms with Crippen molar-refractivity contribution >= 4 is 97.7 Å². The Morgan fingerprint density at radius 2 is 0.918 bits per heavy atom. The fourth-order valence-electron chi connectivity index (χ4n) is 14.8. The minimum atomic E-state index is 0.556. The van der Waals surface area contributed by atoms with Crippen LogP contribution in [0.4, 0.5) is 0 Å². The zero-order chi connectivity index (χ0) is 48.9. The first-order valence-electron chi connectivity index (χ1n) is 28.4. The first kappa shape index (κ1) is 44.8. The van der Waals surface area contributed by atoms with E-state index in [9.17, 15) is 0 Å². The summed E-state index contributed by atoms with van der Waals surface area (Å²) in [5.41, 5.74) is 17.0. The molecule has 0 bridgehead atoms. The van der Waals surface area contributed by atoms with Crippen LogP contribution in [0.25, 0.3) is 120 Å². The normalized spacial score (nSPS) is 16.3. The molecule has 0 aliphatic carbocycles. The number of rotatable bonds is 14. The van der Waals surface area contributed by atoms with E-state index in [1.165, 1.54) is 202 Å². The highest BCUT2D eigenvalue weighted by molar-refractivity contribution is 6.29. The first-order valence-corrected chi connectivity index (χ1v) is 28.4. The van der Waals surface area contributed by atoms with Crippen molar-refractivity contribution in [3.63, 3.8) is 0 Å². The molecule has 0 amide bonds. The fourth-order valence-corrected chi connectivity index (χ4v) is 14.8. The Hall–Kier alpha value is -6.84. The molecule has 364 valence electrons. The monoisotopic (exact) mass is 952 g/mol. The van der Waals surface area contributed by atoms with Gasteiger partial charge in [-0.3, -0.25) is 0 Å². The number of unbranched alkanes of at least 4 members (excludes halogenated alkanes) is 3. The molecule has 0 saturated carbocycles. The summed E-state index contributed by atoms with van der Waals surface area (Å²) in [6.45, 7) is 12.6. The molecule has 3 heteroatoms. The summed E-state index contributed by atoms with van der Waals surface area (Å²) in [7, 11) is 0. The highest BCUT2D eigenvalue weighted by Crippen LogP contribution is 2.50. The van der Waals surface area contributed by atoms with Gasteiger partial charge in [-0.05, 0) is 140 Å². The summed E-state index contributed by atoms with van der Waals surface area (Å²) in [6.07, 6.45) is 14.8. The lowest BCUT2D eigenvalue weighted by molar-refractivity contribution is 0.398. The topological polar surface area (TPSA) is 14.8 Å². The van der Waals surface area contributed by atoms with Crippen molar-refractivity contribution in [1.29, 1.82) is 0 Å². The van der Waals surface area contributed by atoms with Crippen molar-refractivity contribution in [3.05, 3.63) is 157 Å². The number of benzene rings is 9. The lowest BCUT2D eigenvalue weighted by atomic mass is 9.84. The molecule has 3 unspecified atom stereocenters. The number of nitrogens with zero attached hydrogens (tertiary/aromatic N) is 3. The van der Waals surface area contributed by atoms with Crippen molar-refractivity contribution < 1.29 is 0 Å². The maximum absolute atomic E-state index is 2.81. The molecule has 0 N–H and O–H groups in total. The predicted molar refractivity (Wildman–Crippen MR) is 316 cm³/mol. The molecule has 5 heterocycles. The Morgan fingerprint density at radius 1 is 0.425 bits per heavy atom. The fraction of sp³-hybridized carbons (Fsp3) is 0.314.